The molecule has 2 N–H and O–H groups in total. The molecule has 0 saturated carbocycles. The second kappa shape index (κ2) is 7.67. The van der Waals surface area contributed by atoms with Crippen LogP contribution in [-0.4, -0.2) is 36.1 Å². The number of rotatable bonds is 7. The maximum absolute atomic E-state index is 11.1. The van der Waals surface area contributed by atoms with E-state index in [-0.39, 0.29) is 37.8 Å². The Kier molecular flexibility index (Phi) is 6.91. The summed E-state index contributed by atoms with van der Waals surface area (Å²) in [6.45, 7) is 3.31. The Bertz CT molecular complexity index is 262. The molecule has 0 rings (SSSR count). The molecule has 92 valence electrons. The molecule has 0 aliphatic rings. The molecule has 0 atom stereocenters. The third-order valence-electron chi connectivity index (χ3n) is 1.73. The molecule has 0 aromatic heterocycles. The van der Waals surface area contributed by atoms with Gasteiger partial charge in [0.25, 0.3) is 0 Å². The van der Waals surface area contributed by atoms with Crippen LogP contribution in [0.25, 0.3) is 0 Å². The highest BCUT2D eigenvalue weighted by Gasteiger charge is 2.09. The molecule has 0 fully saturated rings. The Morgan fingerprint density at radius 2 is 1.94 bits per heavy atom. The summed E-state index contributed by atoms with van der Waals surface area (Å²) in [5.74, 6) is -1.88. The standard InChI is InChI=1S/C10H17NO5/c1-7(2)10(15)11-6-9(14)16-5-3-4-8(12)13/h7H,3-6H2,1-2H3,(H,11,15)(H,12,13). The van der Waals surface area contributed by atoms with Crippen molar-refractivity contribution in [2.75, 3.05) is 13.2 Å². The normalized spacial score (nSPS) is 9.94. The van der Waals surface area contributed by atoms with Crippen LogP contribution in [0.1, 0.15) is 26.7 Å². The number of aliphatic carboxylic acids is 1. The van der Waals surface area contributed by atoms with Crippen molar-refractivity contribution in [3.05, 3.63) is 0 Å². The third kappa shape index (κ3) is 7.78. The second-order valence-corrected chi connectivity index (χ2v) is 3.59. The molecule has 0 aliphatic carbocycles. The molecule has 6 heteroatoms. The van der Waals surface area contributed by atoms with Gasteiger partial charge < -0.3 is 15.2 Å². The van der Waals surface area contributed by atoms with Crippen molar-refractivity contribution in [2.24, 2.45) is 5.92 Å². The van der Waals surface area contributed by atoms with Crippen molar-refractivity contribution in [3.63, 3.8) is 0 Å². The number of carbonyl (C=O) groups is 3. The van der Waals surface area contributed by atoms with Crippen molar-refractivity contribution >= 4 is 17.8 Å². The minimum atomic E-state index is -0.927. The predicted octanol–water partition coefficient (Wildman–Crippen LogP) is 0.167. The van der Waals surface area contributed by atoms with E-state index in [1.54, 1.807) is 13.8 Å². The maximum atomic E-state index is 11.1. The quantitative estimate of drug-likeness (QED) is 0.481. The van der Waals surface area contributed by atoms with Crippen LogP contribution in [0, 0.1) is 5.92 Å². The lowest BCUT2D eigenvalue weighted by atomic mass is 10.2. The fraction of sp³-hybridized carbons (Fsp3) is 0.700. The molecule has 0 aliphatic heterocycles. The zero-order valence-electron chi connectivity index (χ0n) is 9.49. The number of carboxylic acid groups (broad SMARTS) is 1. The summed E-state index contributed by atoms with van der Waals surface area (Å²) in [4.78, 5) is 32.2. The van der Waals surface area contributed by atoms with Gasteiger partial charge in [-0.1, -0.05) is 13.8 Å². The number of carboxylic acids is 1. The molecule has 16 heavy (non-hydrogen) atoms. The van der Waals surface area contributed by atoms with E-state index < -0.39 is 11.9 Å². The summed E-state index contributed by atoms with van der Waals surface area (Å²) in [6, 6.07) is 0. The number of hydrogen-bond acceptors (Lipinski definition) is 4. The minimum Gasteiger partial charge on any atom is -0.481 e. The Balaban J connectivity index is 3.52. The molecular formula is C10H17NO5. The summed E-state index contributed by atoms with van der Waals surface area (Å²) in [5.41, 5.74) is 0. The summed E-state index contributed by atoms with van der Waals surface area (Å²) < 4.78 is 4.71. The average Bonchev–Trinajstić information content (AvgIpc) is 2.20. The molecule has 6 nitrogen and oxygen atoms in total. The van der Waals surface area contributed by atoms with Gasteiger partial charge >= 0.3 is 11.9 Å². The first-order chi connectivity index (χ1) is 7.43. The molecule has 0 aromatic carbocycles. The first-order valence-electron chi connectivity index (χ1n) is 5.08. The topological polar surface area (TPSA) is 92.7 Å². The largest absolute Gasteiger partial charge is 0.481 e. The summed E-state index contributed by atoms with van der Waals surface area (Å²) in [7, 11) is 0. The number of esters is 1. The smallest absolute Gasteiger partial charge is 0.325 e. The lowest BCUT2D eigenvalue weighted by Gasteiger charge is -2.07. The molecule has 0 heterocycles. The van der Waals surface area contributed by atoms with Crippen LogP contribution in [0.5, 0.6) is 0 Å². The van der Waals surface area contributed by atoms with E-state index in [9.17, 15) is 14.4 Å². The average molecular weight is 231 g/mol. The maximum Gasteiger partial charge on any atom is 0.325 e. The van der Waals surface area contributed by atoms with Gasteiger partial charge in [-0.2, -0.15) is 0 Å². The molecular weight excluding hydrogens is 214 g/mol. The fourth-order valence-corrected chi connectivity index (χ4v) is 0.824. The highest BCUT2D eigenvalue weighted by Crippen LogP contribution is 1.92. The Morgan fingerprint density at radius 3 is 2.44 bits per heavy atom. The van der Waals surface area contributed by atoms with Gasteiger partial charge in [-0.15, -0.1) is 0 Å². The van der Waals surface area contributed by atoms with E-state index >= 15 is 0 Å². The monoisotopic (exact) mass is 231 g/mol. The van der Waals surface area contributed by atoms with Crippen molar-refractivity contribution in [1.29, 1.82) is 0 Å². The van der Waals surface area contributed by atoms with Crippen LogP contribution in [0.15, 0.2) is 0 Å². The van der Waals surface area contributed by atoms with Gasteiger partial charge in [0.15, 0.2) is 0 Å². The molecule has 0 saturated heterocycles. The predicted molar refractivity (Wildman–Crippen MR) is 55.7 cm³/mol. The van der Waals surface area contributed by atoms with Crippen LogP contribution in [0.2, 0.25) is 0 Å². The SMILES string of the molecule is CC(C)C(=O)NCC(=O)OCCCC(=O)O. The first-order valence-corrected chi connectivity index (χ1v) is 5.08. The highest BCUT2D eigenvalue weighted by molar-refractivity contribution is 5.82. The molecule has 0 spiro atoms. The molecule has 0 radical (unpaired) electrons. The molecule has 0 aromatic rings. The van der Waals surface area contributed by atoms with E-state index in [4.69, 9.17) is 9.84 Å². The van der Waals surface area contributed by atoms with Gasteiger partial charge in [0.05, 0.1) is 6.61 Å². The summed E-state index contributed by atoms with van der Waals surface area (Å²) in [5, 5.41) is 10.7. The van der Waals surface area contributed by atoms with Crippen LogP contribution >= 0.6 is 0 Å². The zero-order chi connectivity index (χ0) is 12.6. The molecule has 0 unspecified atom stereocenters. The first kappa shape index (κ1) is 14.4. The third-order valence-corrected chi connectivity index (χ3v) is 1.73. The van der Waals surface area contributed by atoms with E-state index in [0.717, 1.165) is 0 Å². The van der Waals surface area contributed by atoms with Crippen molar-refractivity contribution in [2.45, 2.75) is 26.7 Å². The number of amides is 1. The van der Waals surface area contributed by atoms with Crippen molar-refractivity contribution in [1.82, 2.24) is 5.32 Å². The molecule has 0 bridgehead atoms. The number of hydrogen-bond donors (Lipinski definition) is 2. The lowest BCUT2D eigenvalue weighted by Crippen LogP contribution is -2.33. The second-order valence-electron chi connectivity index (χ2n) is 3.59. The van der Waals surface area contributed by atoms with E-state index in [1.165, 1.54) is 0 Å². The van der Waals surface area contributed by atoms with Crippen molar-refractivity contribution < 1.29 is 24.2 Å². The highest BCUT2D eigenvalue weighted by atomic mass is 16.5. The lowest BCUT2D eigenvalue weighted by molar-refractivity contribution is -0.145. The van der Waals surface area contributed by atoms with Gasteiger partial charge in [-0.05, 0) is 6.42 Å². The Hall–Kier alpha value is -1.59. The van der Waals surface area contributed by atoms with Crippen LogP contribution in [0.3, 0.4) is 0 Å². The minimum absolute atomic E-state index is 0.0361. The Labute approximate surface area is 94.0 Å². The van der Waals surface area contributed by atoms with Gasteiger partial charge in [0.2, 0.25) is 5.91 Å². The van der Waals surface area contributed by atoms with Crippen LogP contribution < -0.4 is 5.32 Å². The number of carbonyl (C=O) groups excluding carboxylic acids is 2. The van der Waals surface area contributed by atoms with E-state index in [0.29, 0.717) is 0 Å². The van der Waals surface area contributed by atoms with E-state index in [2.05, 4.69) is 5.32 Å². The van der Waals surface area contributed by atoms with Gasteiger partial charge in [-0.25, -0.2) is 0 Å². The van der Waals surface area contributed by atoms with Crippen LogP contribution in [-0.2, 0) is 19.1 Å². The zero-order valence-corrected chi connectivity index (χ0v) is 9.49. The van der Waals surface area contributed by atoms with Crippen LogP contribution in [0.4, 0.5) is 0 Å². The number of nitrogens with one attached hydrogen (secondary N) is 1. The fourth-order valence-electron chi connectivity index (χ4n) is 0.824. The summed E-state index contributed by atoms with van der Waals surface area (Å²) >= 11 is 0. The number of ether oxygens (including phenoxy) is 1. The van der Waals surface area contributed by atoms with Crippen molar-refractivity contribution in [3.8, 4) is 0 Å². The van der Waals surface area contributed by atoms with Gasteiger partial charge in [-0.3, -0.25) is 14.4 Å². The van der Waals surface area contributed by atoms with Gasteiger partial charge in [0, 0.05) is 12.3 Å². The van der Waals surface area contributed by atoms with Gasteiger partial charge in [0.1, 0.15) is 6.54 Å². The Morgan fingerprint density at radius 1 is 1.31 bits per heavy atom. The summed E-state index contributed by atoms with van der Waals surface area (Å²) in [6.07, 6.45) is 0.241. The molecule has 1 amide bonds. The van der Waals surface area contributed by atoms with E-state index in [1.807, 2.05) is 0 Å².